The van der Waals surface area contributed by atoms with Gasteiger partial charge in [0.25, 0.3) is 0 Å². The Hall–Kier alpha value is -2.80. The SMILES string of the molecule is Cc1cc2c3c(c1)P(=S)(c1ccccc1)c1ccc(C(C)C)cc1N3c1cc(C(C)C)ccc1P2(=S)c1ccccc1. The quantitative estimate of drug-likeness (QED) is 0.185. The molecule has 0 aliphatic carbocycles. The highest BCUT2D eigenvalue weighted by Crippen LogP contribution is 2.61. The Bertz CT molecular complexity index is 1820. The summed E-state index contributed by atoms with van der Waals surface area (Å²) in [6.07, 6.45) is 0. The second-order valence-corrected chi connectivity index (χ2v) is 20.9. The Balaban J connectivity index is 1.69. The van der Waals surface area contributed by atoms with Crippen molar-refractivity contribution >= 4 is 84.6 Å². The number of aryl methyl sites for hydroxylation is 1. The van der Waals surface area contributed by atoms with Crippen LogP contribution in [0.25, 0.3) is 0 Å². The molecule has 0 aromatic heterocycles. The molecule has 0 spiro atoms. The van der Waals surface area contributed by atoms with Gasteiger partial charge in [-0.3, -0.25) is 0 Å². The minimum absolute atomic E-state index is 0.407. The molecule has 5 heteroatoms. The van der Waals surface area contributed by atoms with Crippen molar-refractivity contribution in [2.75, 3.05) is 4.90 Å². The summed E-state index contributed by atoms with van der Waals surface area (Å²) >= 11 is 14.0. The second kappa shape index (κ2) is 10.1. The van der Waals surface area contributed by atoms with E-state index in [0.717, 1.165) is 0 Å². The summed E-state index contributed by atoms with van der Waals surface area (Å²) in [5.41, 5.74) is 7.57. The van der Waals surface area contributed by atoms with Gasteiger partial charge in [-0.1, -0.05) is 136 Å². The van der Waals surface area contributed by atoms with E-state index >= 15 is 0 Å². The van der Waals surface area contributed by atoms with Crippen molar-refractivity contribution in [3.63, 3.8) is 0 Å². The van der Waals surface area contributed by atoms with Crippen LogP contribution in [0.4, 0.5) is 17.1 Å². The van der Waals surface area contributed by atoms with Gasteiger partial charge in [0.15, 0.2) is 0 Å². The van der Waals surface area contributed by atoms with Gasteiger partial charge < -0.3 is 4.90 Å². The molecule has 2 atom stereocenters. The highest BCUT2D eigenvalue weighted by atomic mass is 32.4. The van der Waals surface area contributed by atoms with E-state index in [0.29, 0.717) is 11.8 Å². The zero-order valence-corrected chi connectivity index (χ0v) is 28.1. The van der Waals surface area contributed by atoms with E-state index in [-0.39, 0.29) is 0 Å². The highest BCUT2D eigenvalue weighted by Gasteiger charge is 2.46. The Labute approximate surface area is 260 Å². The van der Waals surface area contributed by atoms with Crippen molar-refractivity contribution < 1.29 is 0 Å². The lowest BCUT2D eigenvalue weighted by Gasteiger charge is -2.47. The summed E-state index contributed by atoms with van der Waals surface area (Å²) in [5.74, 6) is 0.815. The van der Waals surface area contributed by atoms with Crippen molar-refractivity contribution in [1.29, 1.82) is 0 Å². The fourth-order valence-corrected chi connectivity index (χ4v) is 15.3. The van der Waals surface area contributed by atoms with Crippen molar-refractivity contribution in [3.8, 4) is 0 Å². The van der Waals surface area contributed by atoms with Crippen LogP contribution in [0.3, 0.4) is 0 Å². The molecule has 7 rings (SSSR count). The maximum absolute atomic E-state index is 7.00. The molecule has 210 valence electrons. The molecule has 0 N–H and O–H groups in total. The lowest BCUT2D eigenvalue weighted by atomic mass is 10.00. The molecular formula is C37H35NP2S2. The number of rotatable bonds is 4. The second-order valence-electron chi connectivity index (χ2n) is 12.2. The van der Waals surface area contributed by atoms with Crippen molar-refractivity contribution in [3.05, 3.63) is 126 Å². The summed E-state index contributed by atoms with van der Waals surface area (Å²) in [6.45, 7) is 11.3. The normalized spacial score (nSPS) is 20.3. The average Bonchev–Trinajstić information content (AvgIpc) is 3.01. The molecule has 42 heavy (non-hydrogen) atoms. The maximum atomic E-state index is 7.00. The van der Waals surface area contributed by atoms with E-state index in [4.69, 9.17) is 23.6 Å². The average molecular weight is 620 g/mol. The van der Waals surface area contributed by atoms with Crippen LogP contribution in [0, 0.1) is 6.92 Å². The van der Waals surface area contributed by atoms with Gasteiger partial charge in [0.2, 0.25) is 0 Å². The molecule has 0 bridgehead atoms. The number of hydrogen-bond acceptors (Lipinski definition) is 3. The third-order valence-electron chi connectivity index (χ3n) is 8.85. The molecule has 2 aliphatic rings. The van der Waals surface area contributed by atoms with Gasteiger partial charge in [0.1, 0.15) is 0 Å². The molecule has 0 saturated carbocycles. The first-order valence-electron chi connectivity index (χ1n) is 14.7. The van der Waals surface area contributed by atoms with Crippen LogP contribution in [0.2, 0.25) is 0 Å². The van der Waals surface area contributed by atoms with E-state index in [1.807, 2.05) is 0 Å². The standard InChI is InChI=1S/C37H35NP2S2/c1-24(2)27-16-18-33-31(22-27)38-32-23-28(25(3)4)17-19-34(32)40(42,30-14-10-7-11-15-30)36-21-26(5)20-35(37(36)38)39(33,41)29-12-8-6-9-13-29/h6-25H,1-5H3. The molecule has 5 aromatic rings. The number of hydrogen-bond donors (Lipinski definition) is 0. The minimum atomic E-state index is -2.39. The molecule has 5 aromatic carbocycles. The van der Waals surface area contributed by atoms with Crippen LogP contribution in [-0.2, 0) is 23.6 Å². The molecule has 0 amide bonds. The number of fused-ring (bicyclic) bond motifs is 4. The molecular weight excluding hydrogens is 584 g/mol. The van der Waals surface area contributed by atoms with Gasteiger partial charge >= 0.3 is 0 Å². The van der Waals surface area contributed by atoms with Gasteiger partial charge in [-0.25, -0.2) is 0 Å². The first-order valence-corrected chi connectivity index (χ1v) is 20.3. The molecule has 1 nitrogen and oxygen atoms in total. The fraction of sp³-hybridized carbons (Fsp3) is 0.189. The van der Waals surface area contributed by atoms with Crippen LogP contribution in [0.1, 0.15) is 56.2 Å². The Morgan fingerprint density at radius 3 is 1.31 bits per heavy atom. The molecule has 0 fully saturated rings. The predicted octanol–water partition coefficient (Wildman–Crippen LogP) is 7.85. The lowest BCUT2D eigenvalue weighted by molar-refractivity contribution is 0.865. The van der Waals surface area contributed by atoms with Crippen molar-refractivity contribution in [2.24, 2.45) is 0 Å². The molecule has 0 saturated heterocycles. The van der Waals surface area contributed by atoms with Crippen LogP contribution < -0.4 is 36.7 Å². The zero-order chi connectivity index (χ0) is 29.4. The minimum Gasteiger partial charge on any atom is -0.308 e. The zero-order valence-electron chi connectivity index (χ0n) is 24.7. The smallest absolute Gasteiger partial charge is 0.0644 e. The Morgan fingerprint density at radius 1 is 0.524 bits per heavy atom. The first kappa shape index (κ1) is 28.0. The van der Waals surface area contributed by atoms with Crippen molar-refractivity contribution in [2.45, 2.75) is 46.5 Å². The van der Waals surface area contributed by atoms with E-state index in [1.165, 1.54) is 65.6 Å². The van der Waals surface area contributed by atoms with Gasteiger partial charge in [-0.15, -0.1) is 0 Å². The van der Waals surface area contributed by atoms with E-state index < -0.39 is 12.1 Å². The van der Waals surface area contributed by atoms with Crippen LogP contribution in [-0.4, -0.2) is 0 Å². The summed E-state index contributed by atoms with van der Waals surface area (Å²) < 4.78 is 0. The van der Waals surface area contributed by atoms with Gasteiger partial charge in [0, 0.05) is 33.3 Å². The molecule has 2 unspecified atom stereocenters. The van der Waals surface area contributed by atoms with Gasteiger partial charge in [0.05, 0.1) is 17.1 Å². The monoisotopic (exact) mass is 619 g/mol. The summed E-state index contributed by atoms with van der Waals surface area (Å²) in [7, 11) is 0. The highest BCUT2D eigenvalue weighted by molar-refractivity contribution is 8.27. The van der Waals surface area contributed by atoms with Crippen LogP contribution in [0.5, 0.6) is 0 Å². The molecule has 2 aliphatic heterocycles. The predicted molar refractivity (Wildman–Crippen MR) is 193 cm³/mol. The number of anilines is 3. The molecule has 2 heterocycles. The van der Waals surface area contributed by atoms with Crippen molar-refractivity contribution in [1.82, 2.24) is 0 Å². The summed E-state index contributed by atoms with van der Waals surface area (Å²) in [6, 6.07) is 35.8. The van der Waals surface area contributed by atoms with Gasteiger partial charge in [-0.05, 0) is 70.3 Å². The van der Waals surface area contributed by atoms with Crippen LogP contribution >= 0.6 is 12.1 Å². The Morgan fingerprint density at radius 2 is 0.929 bits per heavy atom. The maximum Gasteiger partial charge on any atom is 0.0644 e. The number of nitrogens with zero attached hydrogens (tertiary/aromatic N) is 1. The topological polar surface area (TPSA) is 3.24 Å². The fourth-order valence-electron chi connectivity index (χ4n) is 6.60. The van der Waals surface area contributed by atoms with Crippen LogP contribution in [0.15, 0.2) is 109 Å². The van der Waals surface area contributed by atoms with E-state index in [9.17, 15) is 0 Å². The molecule has 0 radical (unpaired) electrons. The summed E-state index contributed by atoms with van der Waals surface area (Å²) in [4.78, 5) is 2.55. The Kier molecular flexibility index (Phi) is 6.76. The van der Waals surface area contributed by atoms with E-state index in [2.05, 4.69) is 149 Å². The van der Waals surface area contributed by atoms with E-state index in [1.54, 1.807) is 0 Å². The van der Waals surface area contributed by atoms with Gasteiger partial charge in [-0.2, -0.15) is 0 Å². The lowest BCUT2D eigenvalue weighted by Crippen LogP contribution is -2.46. The summed E-state index contributed by atoms with van der Waals surface area (Å²) in [5, 5.41) is 7.56. The third-order valence-corrected chi connectivity index (χ3v) is 18.7. The number of benzene rings is 5. The first-order chi connectivity index (χ1) is 20.2. The largest absolute Gasteiger partial charge is 0.308 e. The third kappa shape index (κ3) is 3.94.